The van der Waals surface area contributed by atoms with E-state index in [1.54, 1.807) is 0 Å². The second-order valence-electron chi connectivity index (χ2n) is 2.83. The van der Waals surface area contributed by atoms with Crippen LogP contribution in [0.2, 0.25) is 0 Å². The zero-order valence-corrected chi connectivity index (χ0v) is 7.83. The van der Waals surface area contributed by atoms with Gasteiger partial charge in [-0.15, -0.1) is 0 Å². The Balaban J connectivity index is 2.71. The number of rotatable bonds is 3. The highest BCUT2D eigenvalue weighted by molar-refractivity contribution is 5.47. The third kappa shape index (κ3) is 2.12. The van der Waals surface area contributed by atoms with E-state index in [-0.39, 0.29) is 0 Å². The summed E-state index contributed by atoms with van der Waals surface area (Å²) in [4.78, 5) is 6.24. The van der Waals surface area contributed by atoms with Crippen molar-refractivity contribution in [3.05, 3.63) is 18.3 Å². The summed E-state index contributed by atoms with van der Waals surface area (Å²) in [5.74, 6) is 0.983. The summed E-state index contributed by atoms with van der Waals surface area (Å²) in [6, 6.07) is 4.03. The number of hydrogen-bond acceptors (Lipinski definition) is 3. The number of anilines is 2. The molecule has 3 heteroatoms. The first kappa shape index (κ1) is 8.84. The van der Waals surface area contributed by atoms with Gasteiger partial charge in [-0.3, -0.25) is 0 Å². The molecule has 0 bridgehead atoms. The summed E-state index contributed by atoms with van der Waals surface area (Å²) >= 11 is 0. The van der Waals surface area contributed by atoms with Gasteiger partial charge < -0.3 is 10.2 Å². The Morgan fingerprint density at radius 1 is 1.42 bits per heavy atom. The van der Waals surface area contributed by atoms with Crippen molar-refractivity contribution in [3.63, 3.8) is 0 Å². The minimum atomic E-state index is 0.934. The predicted molar refractivity (Wildman–Crippen MR) is 52.7 cm³/mol. The highest BCUT2D eigenvalue weighted by atomic mass is 15.1. The molecule has 0 amide bonds. The van der Waals surface area contributed by atoms with Crippen molar-refractivity contribution < 1.29 is 0 Å². The minimum absolute atomic E-state index is 0.934. The molecule has 12 heavy (non-hydrogen) atoms. The lowest BCUT2D eigenvalue weighted by atomic mass is 10.4. The van der Waals surface area contributed by atoms with E-state index in [4.69, 9.17) is 0 Å². The van der Waals surface area contributed by atoms with Gasteiger partial charge in [0.15, 0.2) is 0 Å². The molecule has 1 aromatic rings. The van der Waals surface area contributed by atoms with Crippen molar-refractivity contribution >= 4 is 11.5 Å². The zero-order chi connectivity index (χ0) is 8.97. The van der Waals surface area contributed by atoms with Crippen molar-refractivity contribution in [2.45, 2.75) is 6.92 Å². The topological polar surface area (TPSA) is 28.2 Å². The van der Waals surface area contributed by atoms with E-state index in [9.17, 15) is 0 Å². The highest BCUT2D eigenvalue weighted by Gasteiger charge is 1.95. The standard InChI is InChI=1S/C9H15N3/c1-4-10-8-5-6-9(11-7-8)12(2)3/h5-7,10H,4H2,1-3H3. The van der Waals surface area contributed by atoms with Gasteiger partial charge in [0.2, 0.25) is 0 Å². The van der Waals surface area contributed by atoms with Gasteiger partial charge in [-0.2, -0.15) is 0 Å². The second-order valence-corrected chi connectivity index (χ2v) is 2.83. The Kier molecular flexibility index (Phi) is 2.91. The molecule has 3 nitrogen and oxygen atoms in total. The summed E-state index contributed by atoms with van der Waals surface area (Å²) < 4.78 is 0. The van der Waals surface area contributed by atoms with E-state index >= 15 is 0 Å². The number of nitrogens with zero attached hydrogens (tertiary/aromatic N) is 2. The van der Waals surface area contributed by atoms with Crippen LogP contribution in [0.5, 0.6) is 0 Å². The van der Waals surface area contributed by atoms with Gasteiger partial charge in [-0.1, -0.05) is 0 Å². The third-order valence-electron chi connectivity index (χ3n) is 1.59. The van der Waals surface area contributed by atoms with Gasteiger partial charge in [0, 0.05) is 20.6 Å². The van der Waals surface area contributed by atoms with Crippen LogP contribution in [0.15, 0.2) is 18.3 Å². The van der Waals surface area contributed by atoms with Crippen molar-refractivity contribution in [2.24, 2.45) is 0 Å². The lowest BCUT2D eigenvalue weighted by Gasteiger charge is -2.11. The van der Waals surface area contributed by atoms with E-state index in [1.807, 2.05) is 37.3 Å². The molecule has 0 unspecified atom stereocenters. The van der Waals surface area contributed by atoms with Crippen LogP contribution in [0, 0.1) is 0 Å². The smallest absolute Gasteiger partial charge is 0.128 e. The Bertz CT molecular complexity index is 228. The van der Waals surface area contributed by atoms with Crippen molar-refractivity contribution in [1.29, 1.82) is 0 Å². The summed E-state index contributed by atoms with van der Waals surface area (Å²) in [7, 11) is 3.96. The van der Waals surface area contributed by atoms with Crippen LogP contribution in [0.25, 0.3) is 0 Å². The lowest BCUT2D eigenvalue weighted by molar-refractivity contribution is 1.06. The Labute approximate surface area is 73.4 Å². The van der Waals surface area contributed by atoms with E-state index in [0.717, 1.165) is 18.1 Å². The fourth-order valence-corrected chi connectivity index (χ4v) is 0.959. The summed E-state index contributed by atoms with van der Waals surface area (Å²) in [6.45, 7) is 3.00. The molecule has 1 heterocycles. The van der Waals surface area contributed by atoms with Crippen molar-refractivity contribution in [1.82, 2.24) is 4.98 Å². The van der Waals surface area contributed by atoms with Crippen LogP contribution >= 0.6 is 0 Å². The molecular formula is C9H15N3. The van der Waals surface area contributed by atoms with Gasteiger partial charge in [0.1, 0.15) is 5.82 Å². The first-order valence-electron chi connectivity index (χ1n) is 4.11. The molecule has 0 atom stereocenters. The molecule has 0 aliphatic heterocycles. The lowest BCUT2D eigenvalue weighted by Crippen LogP contribution is -2.10. The average Bonchev–Trinajstić information content (AvgIpc) is 2.06. The fourth-order valence-electron chi connectivity index (χ4n) is 0.959. The van der Waals surface area contributed by atoms with Crippen LogP contribution in [0.4, 0.5) is 11.5 Å². The van der Waals surface area contributed by atoms with Crippen molar-refractivity contribution in [2.75, 3.05) is 30.9 Å². The van der Waals surface area contributed by atoms with Crippen LogP contribution in [-0.2, 0) is 0 Å². The first-order chi connectivity index (χ1) is 5.74. The van der Waals surface area contributed by atoms with E-state index in [2.05, 4.69) is 17.2 Å². The first-order valence-corrected chi connectivity index (χ1v) is 4.11. The summed E-state index contributed by atoms with van der Waals surface area (Å²) in [5, 5.41) is 3.19. The van der Waals surface area contributed by atoms with Crippen LogP contribution in [-0.4, -0.2) is 25.6 Å². The molecule has 0 spiro atoms. The maximum Gasteiger partial charge on any atom is 0.128 e. The molecular weight excluding hydrogens is 150 g/mol. The summed E-state index contributed by atoms with van der Waals surface area (Å²) in [6.07, 6.45) is 1.85. The Hall–Kier alpha value is -1.25. The molecule has 1 rings (SSSR count). The zero-order valence-electron chi connectivity index (χ0n) is 7.83. The fraction of sp³-hybridized carbons (Fsp3) is 0.444. The highest BCUT2D eigenvalue weighted by Crippen LogP contribution is 2.10. The number of nitrogens with one attached hydrogen (secondary N) is 1. The molecule has 0 saturated carbocycles. The van der Waals surface area contributed by atoms with E-state index < -0.39 is 0 Å². The Morgan fingerprint density at radius 3 is 2.58 bits per heavy atom. The molecule has 0 radical (unpaired) electrons. The molecule has 1 aromatic heterocycles. The quantitative estimate of drug-likeness (QED) is 0.737. The normalized spacial score (nSPS) is 9.58. The van der Waals surface area contributed by atoms with Crippen LogP contribution in [0.1, 0.15) is 6.92 Å². The average molecular weight is 165 g/mol. The Morgan fingerprint density at radius 2 is 2.17 bits per heavy atom. The number of hydrogen-bond donors (Lipinski definition) is 1. The molecule has 66 valence electrons. The molecule has 0 aliphatic rings. The predicted octanol–water partition coefficient (Wildman–Crippen LogP) is 1.58. The summed E-state index contributed by atoms with van der Waals surface area (Å²) in [5.41, 5.74) is 1.07. The third-order valence-corrected chi connectivity index (χ3v) is 1.59. The largest absolute Gasteiger partial charge is 0.384 e. The van der Waals surface area contributed by atoms with Gasteiger partial charge >= 0.3 is 0 Å². The molecule has 0 aliphatic carbocycles. The van der Waals surface area contributed by atoms with E-state index in [0.29, 0.717) is 0 Å². The van der Waals surface area contributed by atoms with Crippen LogP contribution in [0.3, 0.4) is 0 Å². The number of pyridine rings is 1. The van der Waals surface area contributed by atoms with Gasteiger partial charge in [0.05, 0.1) is 11.9 Å². The second kappa shape index (κ2) is 3.95. The van der Waals surface area contributed by atoms with Crippen molar-refractivity contribution in [3.8, 4) is 0 Å². The maximum atomic E-state index is 4.26. The number of aromatic nitrogens is 1. The minimum Gasteiger partial charge on any atom is -0.384 e. The molecule has 0 saturated heterocycles. The monoisotopic (exact) mass is 165 g/mol. The van der Waals surface area contributed by atoms with Gasteiger partial charge in [-0.25, -0.2) is 4.98 Å². The van der Waals surface area contributed by atoms with Crippen LogP contribution < -0.4 is 10.2 Å². The van der Waals surface area contributed by atoms with Gasteiger partial charge in [0.25, 0.3) is 0 Å². The van der Waals surface area contributed by atoms with Gasteiger partial charge in [-0.05, 0) is 19.1 Å². The molecule has 0 aromatic carbocycles. The SMILES string of the molecule is CCNc1ccc(N(C)C)nc1. The van der Waals surface area contributed by atoms with E-state index in [1.165, 1.54) is 0 Å². The maximum absolute atomic E-state index is 4.26. The molecule has 0 fully saturated rings. The molecule has 1 N–H and O–H groups in total.